The quantitative estimate of drug-likeness (QED) is 0.436. The summed E-state index contributed by atoms with van der Waals surface area (Å²) in [5.74, 6) is 0.235. The second kappa shape index (κ2) is 6.87. The van der Waals surface area contributed by atoms with Gasteiger partial charge in [0, 0.05) is 17.9 Å². The van der Waals surface area contributed by atoms with Crippen LogP contribution in [-0.4, -0.2) is 18.4 Å². The molecule has 0 bridgehead atoms. The van der Waals surface area contributed by atoms with Gasteiger partial charge in [-0.3, -0.25) is 4.79 Å². The average molecular weight is 278 g/mol. The first-order valence-corrected chi connectivity index (χ1v) is 7.34. The molecule has 1 aliphatic rings. The number of ketones is 1. The zero-order valence-electron chi connectivity index (χ0n) is 13.1. The normalized spacial score (nSPS) is 22.8. The van der Waals surface area contributed by atoms with Crippen LogP contribution >= 0.6 is 0 Å². The van der Waals surface area contributed by atoms with Crippen molar-refractivity contribution in [3.8, 4) is 0 Å². The van der Waals surface area contributed by atoms with Crippen LogP contribution in [0.15, 0.2) is 23.8 Å². The number of carbonyl (C=O) groups is 2. The molecule has 0 N–H and O–H groups in total. The summed E-state index contributed by atoms with van der Waals surface area (Å²) < 4.78 is 4.90. The fraction of sp³-hybridized carbons (Fsp3) is 0.647. The Labute approximate surface area is 122 Å². The molecule has 0 saturated heterocycles. The highest BCUT2D eigenvalue weighted by molar-refractivity contribution is 5.86. The molecule has 0 aliphatic heterocycles. The number of carbonyl (C=O) groups excluding carboxylic acids is 2. The summed E-state index contributed by atoms with van der Waals surface area (Å²) in [6.45, 7) is 12.3. The molecule has 3 nitrogen and oxygen atoms in total. The Bertz CT molecular complexity index is 430. The van der Waals surface area contributed by atoms with Crippen LogP contribution in [0, 0.1) is 11.3 Å². The number of allylic oxidation sites excluding steroid dienone is 2. The van der Waals surface area contributed by atoms with Gasteiger partial charge in [-0.1, -0.05) is 31.6 Å². The molecule has 112 valence electrons. The molecule has 20 heavy (non-hydrogen) atoms. The van der Waals surface area contributed by atoms with Gasteiger partial charge >= 0.3 is 5.97 Å². The van der Waals surface area contributed by atoms with E-state index in [2.05, 4.69) is 6.58 Å². The fourth-order valence-electron chi connectivity index (χ4n) is 2.87. The molecule has 1 fully saturated rings. The zero-order valence-corrected chi connectivity index (χ0v) is 13.1. The van der Waals surface area contributed by atoms with Crippen LogP contribution in [0.25, 0.3) is 0 Å². The first-order chi connectivity index (χ1) is 9.28. The molecule has 0 radical (unpaired) electrons. The molecule has 0 spiro atoms. The third-order valence-corrected chi connectivity index (χ3v) is 4.23. The predicted octanol–water partition coefficient (Wildman–Crippen LogP) is 3.84. The summed E-state index contributed by atoms with van der Waals surface area (Å²) in [6, 6.07) is 0. The Morgan fingerprint density at radius 1 is 1.45 bits per heavy atom. The lowest BCUT2D eigenvalue weighted by molar-refractivity contribution is -0.137. The van der Waals surface area contributed by atoms with Crippen molar-refractivity contribution in [2.75, 3.05) is 6.61 Å². The molecular formula is C17H26O3. The van der Waals surface area contributed by atoms with Crippen LogP contribution < -0.4 is 0 Å². The van der Waals surface area contributed by atoms with E-state index < -0.39 is 0 Å². The molecule has 0 aromatic carbocycles. The van der Waals surface area contributed by atoms with E-state index in [1.54, 1.807) is 13.0 Å². The van der Waals surface area contributed by atoms with Crippen molar-refractivity contribution in [1.29, 1.82) is 0 Å². The van der Waals surface area contributed by atoms with E-state index in [-0.39, 0.29) is 17.3 Å². The van der Waals surface area contributed by atoms with Crippen molar-refractivity contribution in [2.45, 2.75) is 53.4 Å². The molecule has 1 atom stereocenters. The summed E-state index contributed by atoms with van der Waals surface area (Å²) in [5, 5.41) is 0. The van der Waals surface area contributed by atoms with Crippen LogP contribution in [0.3, 0.4) is 0 Å². The van der Waals surface area contributed by atoms with Gasteiger partial charge in [0.15, 0.2) is 0 Å². The number of hydrogen-bond donors (Lipinski definition) is 0. The number of esters is 1. The highest BCUT2D eigenvalue weighted by Crippen LogP contribution is 2.43. The number of hydrogen-bond acceptors (Lipinski definition) is 3. The molecule has 1 rings (SSSR count). The van der Waals surface area contributed by atoms with E-state index in [1.807, 2.05) is 20.8 Å². The third-order valence-electron chi connectivity index (χ3n) is 4.23. The topological polar surface area (TPSA) is 43.4 Å². The summed E-state index contributed by atoms with van der Waals surface area (Å²) in [4.78, 5) is 23.4. The minimum absolute atomic E-state index is 0.203. The molecule has 3 heteroatoms. The first-order valence-electron chi connectivity index (χ1n) is 7.34. The molecule has 1 unspecified atom stereocenters. The summed E-state index contributed by atoms with van der Waals surface area (Å²) in [6.07, 6.45) is 4.61. The Morgan fingerprint density at radius 3 is 2.70 bits per heavy atom. The Hall–Kier alpha value is -1.38. The monoisotopic (exact) mass is 278 g/mol. The number of rotatable bonds is 5. The van der Waals surface area contributed by atoms with Gasteiger partial charge in [-0.2, -0.15) is 0 Å². The Kier molecular flexibility index (Phi) is 5.73. The molecule has 1 saturated carbocycles. The van der Waals surface area contributed by atoms with E-state index in [0.717, 1.165) is 24.8 Å². The van der Waals surface area contributed by atoms with E-state index in [0.29, 0.717) is 18.8 Å². The molecule has 0 amide bonds. The van der Waals surface area contributed by atoms with Crippen molar-refractivity contribution in [2.24, 2.45) is 11.3 Å². The minimum atomic E-state index is -0.334. The predicted molar refractivity (Wildman–Crippen MR) is 80.3 cm³/mol. The lowest BCUT2D eigenvalue weighted by Crippen LogP contribution is -2.38. The van der Waals surface area contributed by atoms with Gasteiger partial charge in [0.05, 0.1) is 6.61 Å². The summed E-state index contributed by atoms with van der Waals surface area (Å²) in [7, 11) is 0. The van der Waals surface area contributed by atoms with Crippen LogP contribution in [0.4, 0.5) is 0 Å². The maximum Gasteiger partial charge on any atom is 0.330 e. The van der Waals surface area contributed by atoms with Gasteiger partial charge < -0.3 is 4.74 Å². The largest absolute Gasteiger partial charge is 0.463 e. The maximum atomic E-state index is 12.0. The van der Waals surface area contributed by atoms with Crippen molar-refractivity contribution in [1.82, 2.24) is 0 Å². The first kappa shape index (κ1) is 16.7. The molecule has 0 aromatic rings. The van der Waals surface area contributed by atoms with Gasteiger partial charge in [0.25, 0.3) is 0 Å². The van der Waals surface area contributed by atoms with Gasteiger partial charge in [-0.05, 0) is 39.0 Å². The second-order valence-corrected chi connectivity index (χ2v) is 6.14. The Balaban J connectivity index is 2.65. The van der Waals surface area contributed by atoms with Crippen LogP contribution in [0.2, 0.25) is 0 Å². The molecule has 0 aromatic heterocycles. The van der Waals surface area contributed by atoms with Gasteiger partial charge in [-0.25, -0.2) is 4.79 Å². The zero-order chi connectivity index (χ0) is 15.3. The van der Waals surface area contributed by atoms with Crippen LogP contribution in [0.5, 0.6) is 0 Å². The Morgan fingerprint density at radius 2 is 2.10 bits per heavy atom. The van der Waals surface area contributed by atoms with Gasteiger partial charge in [0.1, 0.15) is 5.78 Å². The van der Waals surface area contributed by atoms with E-state index in [1.165, 1.54) is 5.57 Å². The number of ether oxygens (including phenoxy) is 1. The average Bonchev–Trinajstić information content (AvgIpc) is 2.34. The van der Waals surface area contributed by atoms with Gasteiger partial charge in [-0.15, -0.1) is 0 Å². The van der Waals surface area contributed by atoms with Crippen LogP contribution in [-0.2, 0) is 14.3 Å². The van der Waals surface area contributed by atoms with Crippen LogP contribution in [0.1, 0.15) is 53.4 Å². The fourth-order valence-corrected chi connectivity index (χ4v) is 2.87. The van der Waals surface area contributed by atoms with Crippen molar-refractivity contribution in [3.63, 3.8) is 0 Å². The highest BCUT2D eigenvalue weighted by Gasteiger charge is 2.40. The van der Waals surface area contributed by atoms with Crippen molar-refractivity contribution < 1.29 is 14.3 Å². The standard InChI is InChI=1S/C17H26O3/c1-6-20-16(19)11-12(2)7-9-14-13(3)8-10-15(18)17(14,4)5/h11,14H,3,6-10H2,1-2,4-5H3/b12-11+. The lowest BCUT2D eigenvalue weighted by atomic mass is 9.64. The second-order valence-electron chi connectivity index (χ2n) is 6.14. The smallest absolute Gasteiger partial charge is 0.330 e. The minimum Gasteiger partial charge on any atom is -0.463 e. The lowest BCUT2D eigenvalue weighted by Gasteiger charge is -2.39. The summed E-state index contributed by atoms with van der Waals surface area (Å²) in [5.41, 5.74) is 1.82. The maximum absolute atomic E-state index is 12.0. The van der Waals surface area contributed by atoms with Gasteiger partial charge in [0.2, 0.25) is 0 Å². The SMILES string of the molecule is C=C1CCC(=O)C(C)(C)C1CC/C(C)=C/C(=O)OCC. The van der Waals surface area contributed by atoms with Crippen molar-refractivity contribution in [3.05, 3.63) is 23.8 Å². The van der Waals surface area contributed by atoms with E-state index in [4.69, 9.17) is 4.74 Å². The molecular weight excluding hydrogens is 252 g/mol. The molecule has 0 heterocycles. The van der Waals surface area contributed by atoms with E-state index >= 15 is 0 Å². The highest BCUT2D eigenvalue weighted by atomic mass is 16.5. The molecule has 1 aliphatic carbocycles. The number of Topliss-reactive ketones (excluding diaryl/α,β-unsaturated/α-hetero) is 1. The van der Waals surface area contributed by atoms with Crippen molar-refractivity contribution >= 4 is 11.8 Å². The van der Waals surface area contributed by atoms with E-state index in [9.17, 15) is 9.59 Å². The third kappa shape index (κ3) is 4.06. The summed E-state index contributed by atoms with van der Waals surface area (Å²) >= 11 is 0.